The molecule has 1 heterocycles. The first-order valence-electron chi connectivity index (χ1n) is 4.16. The number of hydrogen-bond acceptors (Lipinski definition) is 4. The third kappa shape index (κ3) is 2.88. The zero-order valence-electron chi connectivity index (χ0n) is 7.93. The molecule has 0 radical (unpaired) electrons. The minimum Gasteiger partial charge on any atom is -0.438 e. The van der Waals surface area contributed by atoms with Crippen molar-refractivity contribution in [1.82, 2.24) is 0 Å². The maximum Gasteiger partial charge on any atom is 0.508 e. The highest BCUT2D eigenvalue weighted by Crippen LogP contribution is 2.26. The van der Waals surface area contributed by atoms with Crippen molar-refractivity contribution in [2.24, 2.45) is 0 Å². The van der Waals surface area contributed by atoms with Gasteiger partial charge in [-0.25, -0.2) is 4.79 Å². The first kappa shape index (κ1) is 10.8. The van der Waals surface area contributed by atoms with Crippen molar-refractivity contribution in [3.63, 3.8) is 0 Å². The normalized spacial score (nSPS) is 11.8. The number of ether oxygens (including phenoxy) is 2. The summed E-state index contributed by atoms with van der Waals surface area (Å²) >= 11 is 1.54. The van der Waals surface area contributed by atoms with Crippen LogP contribution in [0.25, 0.3) is 0 Å². The fourth-order valence-corrected chi connectivity index (χ4v) is 1.78. The van der Waals surface area contributed by atoms with Gasteiger partial charge in [0.2, 0.25) is 0 Å². The number of carbonyl (C=O) groups excluding carboxylic acids is 1. The summed E-state index contributed by atoms with van der Waals surface area (Å²) in [6, 6.07) is 3.83. The molecule has 1 unspecified atom stereocenters. The second-order valence-corrected chi connectivity index (χ2v) is 3.58. The first-order chi connectivity index (χ1) is 6.77. The Morgan fingerprint density at radius 2 is 2.57 bits per heavy atom. The lowest BCUT2D eigenvalue weighted by Gasteiger charge is -2.13. The lowest BCUT2D eigenvalue weighted by Crippen LogP contribution is -2.09. The van der Waals surface area contributed by atoms with E-state index < -0.39 is 6.16 Å². The molecule has 0 fully saturated rings. The third-order valence-electron chi connectivity index (χ3n) is 1.65. The van der Waals surface area contributed by atoms with E-state index in [1.54, 1.807) is 17.4 Å². The van der Waals surface area contributed by atoms with Gasteiger partial charge in [-0.15, -0.1) is 17.9 Å². The molecule has 0 aliphatic carbocycles. The summed E-state index contributed by atoms with van der Waals surface area (Å²) in [5, 5.41) is 1.94. The van der Waals surface area contributed by atoms with Crippen molar-refractivity contribution < 1.29 is 14.3 Å². The molecule has 4 heteroatoms. The lowest BCUT2D eigenvalue weighted by molar-refractivity contribution is 0.0386. The summed E-state index contributed by atoms with van der Waals surface area (Å²) in [5.41, 5.74) is 0. The minimum atomic E-state index is -0.662. The van der Waals surface area contributed by atoms with Gasteiger partial charge in [-0.3, -0.25) is 0 Å². The molecule has 0 aliphatic rings. The molecule has 3 nitrogen and oxygen atoms in total. The molecular weight excluding hydrogens is 200 g/mol. The topological polar surface area (TPSA) is 35.5 Å². The van der Waals surface area contributed by atoms with E-state index >= 15 is 0 Å². The van der Waals surface area contributed by atoms with Gasteiger partial charge in [0.1, 0.15) is 6.10 Å². The van der Waals surface area contributed by atoms with Gasteiger partial charge in [0.15, 0.2) is 0 Å². The van der Waals surface area contributed by atoms with Crippen molar-refractivity contribution in [3.05, 3.63) is 35.0 Å². The van der Waals surface area contributed by atoms with Crippen LogP contribution in [0.4, 0.5) is 4.79 Å². The Morgan fingerprint density at radius 3 is 3.07 bits per heavy atom. The molecule has 0 aliphatic heterocycles. The zero-order chi connectivity index (χ0) is 10.4. The fourth-order valence-electron chi connectivity index (χ4n) is 1.01. The monoisotopic (exact) mass is 212 g/mol. The van der Waals surface area contributed by atoms with Crippen LogP contribution in [-0.2, 0) is 9.47 Å². The molecule has 0 bridgehead atoms. The van der Waals surface area contributed by atoms with Crippen molar-refractivity contribution in [3.8, 4) is 0 Å². The van der Waals surface area contributed by atoms with E-state index in [0.29, 0.717) is 6.42 Å². The van der Waals surface area contributed by atoms with Crippen LogP contribution < -0.4 is 0 Å². The van der Waals surface area contributed by atoms with Crippen molar-refractivity contribution in [1.29, 1.82) is 0 Å². The molecule has 0 spiro atoms. The van der Waals surface area contributed by atoms with Gasteiger partial charge in [-0.05, 0) is 11.4 Å². The number of carbonyl (C=O) groups is 1. The Bertz CT molecular complexity index is 292. The van der Waals surface area contributed by atoms with E-state index in [9.17, 15) is 4.79 Å². The number of methoxy groups -OCH3 is 1. The van der Waals surface area contributed by atoms with Gasteiger partial charge >= 0.3 is 6.16 Å². The van der Waals surface area contributed by atoms with Crippen LogP contribution >= 0.6 is 11.3 Å². The number of hydrogen-bond donors (Lipinski definition) is 0. The Kier molecular flexibility index (Phi) is 4.19. The molecular formula is C10H12O3S. The van der Waals surface area contributed by atoms with Crippen LogP contribution in [0, 0.1) is 0 Å². The number of rotatable bonds is 4. The summed E-state index contributed by atoms with van der Waals surface area (Å²) < 4.78 is 9.50. The molecule has 1 rings (SSSR count). The van der Waals surface area contributed by atoms with E-state index in [2.05, 4.69) is 11.3 Å². The largest absolute Gasteiger partial charge is 0.508 e. The summed E-state index contributed by atoms with van der Waals surface area (Å²) in [7, 11) is 1.29. The smallest absolute Gasteiger partial charge is 0.438 e. The molecule has 0 saturated heterocycles. The van der Waals surface area contributed by atoms with Crippen LogP contribution in [0.5, 0.6) is 0 Å². The Balaban J connectivity index is 2.64. The highest BCUT2D eigenvalue weighted by molar-refractivity contribution is 7.10. The van der Waals surface area contributed by atoms with Crippen molar-refractivity contribution in [2.45, 2.75) is 12.5 Å². The second kappa shape index (κ2) is 5.44. The van der Waals surface area contributed by atoms with E-state index in [1.165, 1.54) is 7.11 Å². The molecule has 76 valence electrons. The van der Waals surface area contributed by atoms with E-state index in [0.717, 1.165) is 4.88 Å². The third-order valence-corrected chi connectivity index (χ3v) is 2.61. The van der Waals surface area contributed by atoms with Gasteiger partial charge < -0.3 is 9.47 Å². The van der Waals surface area contributed by atoms with Crippen molar-refractivity contribution >= 4 is 17.5 Å². The fraction of sp³-hybridized carbons (Fsp3) is 0.300. The number of thiophene rings is 1. The highest BCUT2D eigenvalue weighted by atomic mass is 32.1. The van der Waals surface area contributed by atoms with Crippen LogP contribution in [0.3, 0.4) is 0 Å². The summed E-state index contributed by atoms with van der Waals surface area (Å²) in [5.74, 6) is 0. The van der Waals surface area contributed by atoms with Gasteiger partial charge in [-0.1, -0.05) is 12.1 Å². The van der Waals surface area contributed by atoms with Gasteiger partial charge in [0.05, 0.1) is 7.11 Å². The standard InChI is InChI=1S/C10H12O3S/c1-3-5-8(13-10(11)12-2)9-6-4-7-14-9/h3-4,6-8H,1,5H2,2H3. The van der Waals surface area contributed by atoms with Gasteiger partial charge in [0, 0.05) is 11.3 Å². The molecule has 1 atom stereocenters. The van der Waals surface area contributed by atoms with E-state index in [1.807, 2.05) is 17.5 Å². The predicted molar refractivity (Wildman–Crippen MR) is 55.4 cm³/mol. The zero-order valence-corrected chi connectivity index (χ0v) is 8.75. The quantitative estimate of drug-likeness (QED) is 0.568. The summed E-state index contributed by atoms with van der Waals surface area (Å²) in [6.45, 7) is 3.62. The molecule has 0 amide bonds. The lowest BCUT2D eigenvalue weighted by atomic mass is 10.2. The van der Waals surface area contributed by atoms with E-state index in [4.69, 9.17) is 4.74 Å². The SMILES string of the molecule is C=CCC(OC(=O)OC)c1cccs1. The summed E-state index contributed by atoms with van der Waals surface area (Å²) in [4.78, 5) is 11.9. The van der Waals surface area contributed by atoms with Crippen LogP contribution in [0.2, 0.25) is 0 Å². The summed E-state index contributed by atoms with van der Waals surface area (Å²) in [6.07, 6.45) is 1.37. The average molecular weight is 212 g/mol. The minimum absolute atomic E-state index is 0.278. The molecule has 0 aromatic carbocycles. The van der Waals surface area contributed by atoms with Gasteiger partial charge in [-0.2, -0.15) is 0 Å². The Hall–Kier alpha value is -1.29. The predicted octanol–water partition coefficient (Wildman–Crippen LogP) is 3.15. The molecule has 1 aromatic heterocycles. The van der Waals surface area contributed by atoms with Crippen LogP contribution in [-0.4, -0.2) is 13.3 Å². The maximum atomic E-state index is 10.9. The highest BCUT2D eigenvalue weighted by Gasteiger charge is 2.16. The molecule has 1 aromatic rings. The molecule has 0 N–H and O–H groups in total. The van der Waals surface area contributed by atoms with Gasteiger partial charge in [0.25, 0.3) is 0 Å². The molecule has 14 heavy (non-hydrogen) atoms. The van der Waals surface area contributed by atoms with Crippen LogP contribution in [0.1, 0.15) is 17.4 Å². The van der Waals surface area contributed by atoms with E-state index in [-0.39, 0.29) is 6.10 Å². The maximum absolute atomic E-state index is 10.9. The van der Waals surface area contributed by atoms with Crippen LogP contribution in [0.15, 0.2) is 30.2 Å². The molecule has 0 saturated carbocycles. The Morgan fingerprint density at radius 1 is 1.79 bits per heavy atom. The first-order valence-corrected chi connectivity index (χ1v) is 5.04. The Labute approximate surface area is 87.0 Å². The average Bonchev–Trinajstić information content (AvgIpc) is 2.69. The van der Waals surface area contributed by atoms with Crippen molar-refractivity contribution in [2.75, 3.05) is 7.11 Å². The second-order valence-electron chi connectivity index (χ2n) is 2.60.